The maximum Gasteiger partial charge on any atom is 0.409 e. The van der Waals surface area contributed by atoms with E-state index < -0.39 is 0 Å². The van der Waals surface area contributed by atoms with Crippen molar-refractivity contribution in [3.05, 3.63) is 0 Å². The number of ether oxygens (including phenoxy) is 1. The van der Waals surface area contributed by atoms with Gasteiger partial charge in [-0.2, -0.15) is 0 Å². The van der Waals surface area contributed by atoms with E-state index in [2.05, 4.69) is 5.32 Å². The van der Waals surface area contributed by atoms with Crippen LogP contribution in [-0.2, 0) is 9.53 Å². The van der Waals surface area contributed by atoms with Crippen LogP contribution in [0, 0.1) is 5.92 Å². The minimum absolute atomic E-state index is 0.0121. The summed E-state index contributed by atoms with van der Waals surface area (Å²) in [6.45, 7) is 7.27. The van der Waals surface area contributed by atoms with Crippen LogP contribution in [0.15, 0.2) is 0 Å². The molecule has 1 aliphatic heterocycles. The monoisotopic (exact) mass is 242 g/mol. The average molecular weight is 242 g/mol. The second-order valence-corrected chi connectivity index (χ2v) is 4.62. The number of piperidine rings is 1. The number of amides is 2. The standard InChI is InChI=1S/C12H22N2O3/c1-4-17-12(16)14-7-5-10(6-8-14)13-11(15)9(2)3/h9-10H,4-8H2,1-3H3,(H,13,15). The Morgan fingerprint density at radius 1 is 1.35 bits per heavy atom. The topological polar surface area (TPSA) is 58.6 Å². The van der Waals surface area contributed by atoms with Gasteiger partial charge in [0.2, 0.25) is 5.91 Å². The molecule has 5 nitrogen and oxygen atoms in total. The van der Waals surface area contributed by atoms with Crippen LogP contribution in [0.25, 0.3) is 0 Å². The van der Waals surface area contributed by atoms with Crippen molar-refractivity contribution in [1.82, 2.24) is 10.2 Å². The molecule has 0 aromatic carbocycles. The first-order valence-corrected chi connectivity index (χ1v) is 6.26. The summed E-state index contributed by atoms with van der Waals surface area (Å²) in [4.78, 5) is 24.7. The Kier molecular flexibility index (Phi) is 5.25. The molecule has 0 radical (unpaired) electrons. The van der Waals surface area contributed by atoms with Crippen molar-refractivity contribution in [3.8, 4) is 0 Å². The Morgan fingerprint density at radius 2 is 1.94 bits per heavy atom. The highest BCUT2D eigenvalue weighted by Crippen LogP contribution is 2.12. The number of carbonyl (C=O) groups is 2. The van der Waals surface area contributed by atoms with E-state index in [0.717, 1.165) is 12.8 Å². The maximum atomic E-state index is 11.5. The molecule has 0 atom stereocenters. The van der Waals surface area contributed by atoms with Gasteiger partial charge in [-0.05, 0) is 19.8 Å². The number of likely N-dealkylation sites (tertiary alicyclic amines) is 1. The first-order valence-electron chi connectivity index (χ1n) is 6.26. The average Bonchev–Trinajstić information content (AvgIpc) is 2.30. The third-order valence-electron chi connectivity index (χ3n) is 2.89. The first-order chi connectivity index (χ1) is 8.04. The Balaban J connectivity index is 2.31. The molecule has 1 N–H and O–H groups in total. The summed E-state index contributed by atoms with van der Waals surface area (Å²) in [6.07, 6.45) is 1.36. The lowest BCUT2D eigenvalue weighted by atomic mass is 10.0. The van der Waals surface area contributed by atoms with E-state index in [1.165, 1.54) is 0 Å². The van der Waals surface area contributed by atoms with Gasteiger partial charge in [-0.15, -0.1) is 0 Å². The molecule has 98 valence electrons. The number of hydrogen-bond donors (Lipinski definition) is 1. The van der Waals surface area contributed by atoms with E-state index in [0.29, 0.717) is 19.7 Å². The van der Waals surface area contributed by atoms with Crippen LogP contribution < -0.4 is 5.32 Å². The predicted octanol–water partition coefficient (Wildman–Crippen LogP) is 1.38. The molecule has 1 heterocycles. The van der Waals surface area contributed by atoms with Gasteiger partial charge in [0.1, 0.15) is 0 Å². The number of nitrogens with one attached hydrogen (secondary N) is 1. The Hall–Kier alpha value is -1.26. The quantitative estimate of drug-likeness (QED) is 0.813. The van der Waals surface area contributed by atoms with Crippen LogP contribution in [-0.4, -0.2) is 42.6 Å². The van der Waals surface area contributed by atoms with Crippen LogP contribution in [0.3, 0.4) is 0 Å². The molecule has 0 aromatic rings. The van der Waals surface area contributed by atoms with Gasteiger partial charge in [0.05, 0.1) is 6.61 Å². The molecule has 17 heavy (non-hydrogen) atoms. The third-order valence-corrected chi connectivity index (χ3v) is 2.89. The number of hydrogen-bond acceptors (Lipinski definition) is 3. The summed E-state index contributed by atoms with van der Waals surface area (Å²) < 4.78 is 4.94. The lowest BCUT2D eigenvalue weighted by Gasteiger charge is -2.31. The van der Waals surface area contributed by atoms with Crippen molar-refractivity contribution in [1.29, 1.82) is 0 Å². The van der Waals surface area contributed by atoms with Gasteiger partial charge < -0.3 is 15.0 Å². The highest BCUT2D eigenvalue weighted by atomic mass is 16.6. The molecule has 0 unspecified atom stereocenters. The number of nitrogens with zero attached hydrogens (tertiary/aromatic N) is 1. The summed E-state index contributed by atoms with van der Waals surface area (Å²) in [6, 6.07) is 0.190. The van der Waals surface area contributed by atoms with Crippen LogP contribution in [0.2, 0.25) is 0 Å². The Labute approximate surface area is 102 Å². The van der Waals surface area contributed by atoms with Gasteiger partial charge in [0.15, 0.2) is 0 Å². The van der Waals surface area contributed by atoms with Gasteiger partial charge in [-0.3, -0.25) is 4.79 Å². The van der Waals surface area contributed by atoms with Crippen molar-refractivity contribution in [2.24, 2.45) is 5.92 Å². The van der Waals surface area contributed by atoms with Crippen LogP contribution in [0.4, 0.5) is 4.79 Å². The van der Waals surface area contributed by atoms with Crippen molar-refractivity contribution >= 4 is 12.0 Å². The van der Waals surface area contributed by atoms with Gasteiger partial charge in [-0.1, -0.05) is 13.8 Å². The van der Waals surface area contributed by atoms with Crippen molar-refractivity contribution < 1.29 is 14.3 Å². The minimum Gasteiger partial charge on any atom is -0.450 e. The summed E-state index contributed by atoms with van der Waals surface area (Å²) in [5.74, 6) is 0.0951. The zero-order valence-electron chi connectivity index (χ0n) is 10.9. The lowest BCUT2D eigenvalue weighted by Crippen LogP contribution is -2.47. The Morgan fingerprint density at radius 3 is 2.41 bits per heavy atom. The second-order valence-electron chi connectivity index (χ2n) is 4.62. The minimum atomic E-state index is -0.249. The molecule has 5 heteroatoms. The molecule has 0 bridgehead atoms. The largest absolute Gasteiger partial charge is 0.450 e. The highest BCUT2D eigenvalue weighted by molar-refractivity contribution is 5.78. The molecule has 1 fully saturated rings. The van der Waals surface area contributed by atoms with E-state index in [1.807, 2.05) is 13.8 Å². The summed E-state index contributed by atoms with van der Waals surface area (Å²) in [5, 5.41) is 2.99. The SMILES string of the molecule is CCOC(=O)N1CCC(NC(=O)C(C)C)CC1. The zero-order chi connectivity index (χ0) is 12.8. The molecular formula is C12H22N2O3. The summed E-state index contributed by atoms with van der Waals surface area (Å²) in [7, 11) is 0. The molecule has 0 spiro atoms. The third kappa shape index (κ3) is 4.24. The van der Waals surface area contributed by atoms with Crippen LogP contribution in [0.5, 0.6) is 0 Å². The van der Waals surface area contributed by atoms with E-state index in [-0.39, 0.29) is 24.0 Å². The molecule has 0 aromatic heterocycles. The highest BCUT2D eigenvalue weighted by Gasteiger charge is 2.24. The fourth-order valence-electron chi connectivity index (χ4n) is 1.79. The van der Waals surface area contributed by atoms with Gasteiger partial charge in [0, 0.05) is 25.0 Å². The maximum absolute atomic E-state index is 11.5. The fraction of sp³-hybridized carbons (Fsp3) is 0.833. The molecule has 2 amide bonds. The van der Waals surface area contributed by atoms with E-state index in [9.17, 15) is 9.59 Å². The van der Waals surface area contributed by atoms with Gasteiger partial charge in [0.25, 0.3) is 0 Å². The smallest absolute Gasteiger partial charge is 0.409 e. The molecule has 0 aliphatic carbocycles. The first kappa shape index (κ1) is 13.8. The zero-order valence-corrected chi connectivity index (χ0v) is 10.9. The predicted molar refractivity (Wildman–Crippen MR) is 64.6 cm³/mol. The van der Waals surface area contributed by atoms with E-state index in [4.69, 9.17) is 4.74 Å². The molecule has 1 rings (SSSR count). The van der Waals surface area contributed by atoms with Crippen molar-refractivity contribution in [3.63, 3.8) is 0 Å². The van der Waals surface area contributed by atoms with Crippen molar-refractivity contribution in [2.75, 3.05) is 19.7 Å². The molecule has 0 saturated carbocycles. The molecule has 1 aliphatic rings. The normalized spacial score (nSPS) is 17.1. The molecule has 1 saturated heterocycles. The summed E-state index contributed by atoms with van der Waals surface area (Å²) in [5.41, 5.74) is 0. The van der Waals surface area contributed by atoms with Crippen molar-refractivity contribution in [2.45, 2.75) is 39.7 Å². The summed E-state index contributed by atoms with van der Waals surface area (Å²) >= 11 is 0. The van der Waals surface area contributed by atoms with Crippen LogP contribution >= 0.6 is 0 Å². The number of rotatable bonds is 3. The van der Waals surface area contributed by atoms with E-state index >= 15 is 0 Å². The van der Waals surface area contributed by atoms with Crippen LogP contribution in [0.1, 0.15) is 33.6 Å². The fourth-order valence-corrected chi connectivity index (χ4v) is 1.79. The van der Waals surface area contributed by atoms with E-state index in [1.54, 1.807) is 11.8 Å². The Bertz CT molecular complexity index is 271. The lowest BCUT2D eigenvalue weighted by molar-refractivity contribution is -0.124. The van der Waals surface area contributed by atoms with Gasteiger partial charge >= 0.3 is 6.09 Å². The number of carbonyl (C=O) groups excluding carboxylic acids is 2. The molecular weight excluding hydrogens is 220 g/mol. The van der Waals surface area contributed by atoms with Gasteiger partial charge in [-0.25, -0.2) is 4.79 Å². The second kappa shape index (κ2) is 6.47.